The third-order valence-electron chi connectivity index (χ3n) is 2.98. The molecule has 1 N–H and O–H groups in total. The number of amides is 1. The van der Waals surface area contributed by atoms with Gasteiger partial charge in [0.25, 0.3) is 5.91 Å². The molecule has 0 radical (unpaired) electrons. The first kappa shape index (κ1) is 15.4. The molecular formula is C14H8Cl2FN5O. The molecule has 116 valence electrons. The smallest absolute Gasteiger partial charge is 0.257 e. The summed E-state index contributed by atoms with van der Waals surface area (Å²) < 4.78 is 14.5. The zero-order valence-corrected chi connectivity index (χ0v) is 12.9. The first-order chi connectivity index (χ1) is 11.0. The maximum atomic E-state index is 13.2. The number of nitrogens with one attached hydrogen (secondary N) is 1. The molecule has 0 bridgehead atoms. The van der Waals surface area contributed by atoms with E-state index in [0.29, 0.717) is 22.0 Å². The van der Waals surface area contributed by atoms with Gasteiger partial charge in [-0.25, -0.2) is 4.39 Å². The van der Waals surface area contributed by atoms with E-state index in [1.54, 1.807) is 18.2 Å². The van der Waals surface area contributed by atoms with Crippen LogP contribution in [-0.2, 0) is 0 Å². The Hall–Kier alpha value is -2.51. The largest absolute Gasteiger partial charge is 0.322 e. The minimum absolute atomic E-state index is 0.0837. The van der Waals surface area contributed by atoms with Gasteiger partial charge in [-0.1, -0.05) is 23.2 Å². The van der Waals surface area contributed by atoms with E-state index < -0.39 is 11.7 Å². The van der Waals surface area contributed by atoms with E-state index in [1.165, 1.54) is 29.2 Å². The van der Waals surface area contributed by atoms with E-state index in [9.17, 15) is 9.18 Å². The van der Waals surface area contributed by atoms with Crippen LogP contribution in [0, 0.1) is 5.82 Å². The fourth-order valence-electron chi connectivity index (χ4n) is 1.93. The number of hydrogen-bond acceptors (Lipinski definition) is 4. The van der Waals surface area contributed by atoms with E-state index in [-0.39, 0.29) is 5.02 Å². The zero-order valence-electron chi connectivity index (χ0n) is 11.4. The maximum Gasteiger partial charge on any atom is 0.257 e. The number of anilines is 1. The van der Waals surface area contributed by atoms with Crippen molar-refractivity contribution in [3.8, 4) is 5.69 Å². The molecule has 1 heterocycles. The Bertz CT molecular complexity index is 870. The van der Waals surface area contributed by atoms with Gasteiger partial charge in [0, 0.05) is 10.7 Å². The Morgan fingerprint density at radius 2 is 2.00 bits per heavy atom. The van der Waals surface area contributed by atoms with Crippen LogP contribution in [0.4, 0.5) is 10.1 Å². The molecule has 0 aliphatic rings. The van der Waals surface area contributed by atoms with Crippen LogP contribution in [0.15, 0.2) is 42.7 Å². The Morgan fingerprint density at radius 1 is 1.17 bits per heavy atom. The molecule has 9 heteroatoms. The summed E-state index contributed by atoms with van der Waals surface area (Å²) in [6, 6.07) is 8.57. The Labute approximate surface area is 139 Å². The van der Waals surface area contributed by atoms with Gasteiger partial charge in [-0.2, -0.15) is 4.68 Å². The van der Waals surface area contributed by atoms with E-state index in [0.717, 1.165) is 0 Å². The Morgan fingerprint density at radius 3 is 2.70 bits per heavy atom. The van der Waals surface area contributed by atoms with Crippen molar-refractivity contribution in [3.05, 3.63) is 64.2 Å². The van der Waals surface area contributed by atoms with Gasteiger partial charge in [0.2, 0.25) is 0 Å². The van der Waals surface area contributed by atoms with Crippen LogP contribution < -0.4 is 5.32 Å². The van der Waals surface area contributed by atoms with Crippen LogP contribution in [0.1, 0.15) is 10.4 Å². The second kappa shape index (κ2) is 6.31. The summed E-state index contributed by atoms with van der Waals surface area (Å²) in [5.74, 6) is -1.000. The molecule has 2 aromatic carbocycles. The molecule has 1 aromatic heterocycles. The highest BCUT2D eigenvalue weighted by atomic mass is 35.5. The van der Waals surface area contributed by atoms with Crippen LogP contribution in [0.2, 0.25) is 10.0 Å². The Kier molecular flexibility index (Phi) is 4.22. The van der Waals surface area contributed by atoms with Gasteiger partial charge in [0.15, 0.2) is 0 Å². The lowest BCUT2D eigenvalue weighted by atomic mass is 10.1. The number of benzene rings is 2. The Balaban J connectivity index is 1.95. The third kappa shape index (κ3) is 3.30. The predicted molar refractivity (Wildman–Crippen MR) is 83.5 cm³/mol. The molecule has 3 aromatic rings. The monoisotopic (exact) mass is 351 g/mol. The summed E-state index contributed by atoms with van der Waals surface area (Å²) in [6.07, 6.45) is 1.34. The number of hydrogen-bond donors (Lipinski definition) is 1. The summed E-state index contributed by atoms with van der Waals surface area (Å²) in [6.45, 7) is 0. The average Bonchev–Trinajstić information content (AvgIpc) is 3.05. The minimum atomic E-state index is -0.564. The van der Waals surface area contributed by atoms with Gasteiger partial charge in [-0.3, -0.25) is 4.79 Å². The summed E-state index contributed by atoms with van der Waals surface area (Å²) in [5, 5.41) is 13.8. The zero-order chi connectivity index (χ0) is 16.4. The maximum absolute atomic E-state index is 13.2. The predicted octanol–water partition coefficient (Wildman–Crippen LogP) is 3.36. The van der Waals surface area contributed by atoms with Gasteiger partial charge >= 0.3 is 0 Å². The molecule has 0 atom stereocenters. The molecule has 0 aliphatic carbocycles. The lowest BCUT2D eigenvalue weighted by Gasteiger charge is -2.10. The standard InChI is InChI=1S/C14H8Cl2FN5O/c15-8-1-3-10(13(5-8)22-7-18-20-21-22)14(23)19-9-2-4-12(17)11(16)6-9/h1-7H,(H,19,23). The van der Waals surface area contributed by atoms with E-state index in [1.807, 2.05) is 0 Å². The summed E-state index contributed by atoms with van der Waals surface area (Å²) >= 11 is 11.7. The number of tetrazole rings is 1. The van der Waals surface area contributed by atoms with Gasteiger partial charge in [-0.05, 0) is 46.8 Å². The molecule has 0 saturated carbocycles. The summed E-state index contributed by atoms with van der Waals surface area (Å²) in [4.78, 5) is 12.5. The van der Waals surface area contributed by atoms with Gasteiger partial charge in [-0.15, -0.1) is 5.10 Å². The van der Waals surface area contributed by atoms with E-state index in [2.05, 4.69) is 20.8 Å². The highest BCUT2D eigenvalue weighted by Crippen LogP contribution is 2.23. The van der Waals surface area contributed by atoms with Gasteiger partial charge in [0.05, 0.1) is 16.3 Å². The number of nitrogens with zero attached hydrogens (tertiary/aromatic N) is 4. The topological polar surface area (TPSA) is 72.7 Å². The van der Waals surface area contributed by atoms with Crippen molar-refractivity contribution in [2.45, 2.75) is 0 Å². The van der Waals surface area contributed by atoms with Gasteiger partial charge in [0.1, 0.15) is 12.1 Å². The molecule has 0 saturated heterocycles. The van der Waals surface area contributed by atoms with Gasteiger partial charge < -0.3 is 5.32 Å². The van der Waals surface area contributed by atoms with Crippen molar-refractivity contribution in [2.75, 3.05) is 5.32 Å². The fraction of sp³-hybridized carbons (Fsp3) is 0. The number of carbonyl (C=O) groups excluding carboxylic acids is 1. The number of rotatable bonds is 3. The summed E-state index contributed by atoms with van der Waals surface area (Å²) in [5.41, 5.74) is 1.06. The van der Waals surface area contributed by atoms with E-state index >= 15 is 0 Å². The molecule has 23 heavy (non-hydrogen) atoms. The lowest BCUT2D eigenvalue weighted by Crippen LogP contribution is -2.15. The van der Waals surface area contributed by atoms with Crippen molar-refractivity contribution in [1.29, 1.82) is 0 Å². The lowest BCUT2D eigenvalue weighted by molar-refractivity contribution is 0.102. The van der Waals surface area contributed by atoms with Crippen molar-refractivity contribution in [2.24, 2.45) is 0 Å². The highest BCUT2D eigenvalue weighted by molar-refractivity contribution is 6.31. The quantitative estimate of drug-likeness (QED) is 0.785. The first-order valence-electron chi connectivity index (χ1n) is 6.34. The molecule has 6 nitrogen and oxygen atoms in total. The summed E-state index contributed by atoms with van der Waals surface area (Å²) in [7, 11) is 0. The van der Waals surface area contributed by atoms with Crippen LogP contribution in [-0.4, -0.2) is 26.1 Å². The molecule has 0 spiro atoms. The average molecular weight is 352 g/mol. The number of carbonyl (C=O) groups is 1. The van der Waals surface area contributed by atoms with E-state index in [4.69, 9.17) is 23.2 Å². The van der Waals surface area contributed by atoms with Crippen molar-refractivity contribution in [1.82, 2.24) is 20.2 Å². The number of halogens is 3. The second-order valence-electron chi connectivity index (χ2n) is 4.50. The van der Waals surface area contributed by atoms with Crippen molar-refractivity contribution < 1.29 is 9.18 Å². The second-order valence-corrected chi connectivity index (χ2v) is 5.34. The normalized spacial score (nSPS) is 10.6. The molecule has 1 amide bonds. The van der Waals surface area contributed by atoms with Crippen LogP contribution >= 0.6 is 23.2 Å². The molecule has 0 aliphatic heterocycles. The van der Waals surface area contributed by atoms with Crippen LogP contribution in [0.5, 0.6) is 0 Å². The number of aromatic nitrogens is 4. The molecule has 0 unspecified atom stereocenters. The molecule has 3 rings (SSSR count). The van der Waals surface area contributed by atoms with Crippen molar-refractivity contribution >= 4 is 34.8 Å². The van der Waals surface area contributed by atoms with Crippen LogP contribution in [0.3, 0.4) is 0 Å². The highest BCUT2D eigenvalue weighted by Gasteiger charge is 2.15. The van der Waals surface area contributed by atoms with Crippen LogP contribution in [0.25, 0.3) is 5.69 Å². The van der Waals surface area contributed by atoms with Crippen molar-refractivity contribution in [3.63, 3.8) is 0 Å². The fourth-order valence-corrected chi connectivity index (χ4v) is 2.28. The molecular weight excluding hydrogens is 344 g/mol. The third-order valence-corrected chi connectivity index (χ3v) is 3.50. The minimum Gasteiger partial charge on any atom is -0.322 e. The SMILES string of the molecule is O=C(Nc1ccc(F)c(Cl)c1)c1ccc(Cl)cc1-n1cnnn1. The first-order valence-corrected chi connectivity index (χ1v) is 7.09. The molecule has 0 fully saturated rings.